The molecule has 1 amide bonds. The first kappa shape index (κ1) is 23.0. The molecule has 8 nitrogen and oxygen atoms in total. The lowest BCUT2D eigenvalue weighted by molar-refractivity contribution is 0.0948. The lowest BCUT2D eigenvalue weighted by atomic mass is 9.92. The van der Waals surface area contributed by atoms with Gasteiger partial charge in [0.2, 0.25) is 0 Å². The summed E-state index contributed by atoms with van der Waals surface area (Å²) in [6, 6.07) is 9.52. The summed E-state index contributed by atoms with van der Waals surface area (Å²) in [5, 5.41) is 10.8. The fourth-order valence-electron chi connectivity index (χ4n) is 4.38. The highest BCUT2D eigenvalue weighted by Gasteiger charge is 2.18. The van der Waals surface area contributed by atoms with Crippen molar-refractivity contribution >= 4 is 34.1 Å². The summed E-state index contributed by atoms with van der Waals surface area (Å²) >= 11 is 6.19. The van der Waals surface area contributed by atoms with Crippen molar-refractivity contribution < 1.29 is 9.18 Å². The molecule has 0 bridgehead atoms. The Morgan fingerprint density at radius 1 is 1.14 bits per heavy atom. The van der Waals surface area contributed by atoms with E-state index in [4.69, 9.17) is 16.6 Å². The van der Waals surface area contributed by atoms with Gasteiger partial charge in [-0.1, -0.05) is 11.6 Å². The van der Waals surface area contributed by atoms with Gasteiger partial charge in [-0.25, -0.2) is 14.1 Å². The molecule has 10 heteroatoms. The molecule has 1 aliphatic rings. The molecule has 0 radical (unpaired) electrons. The number of hydrogen-bond acceptors (Lipinski definition) is 5. The topological polar surface area (TPSA) is 105 Å². The molecule has 0 atom stereocenters. The van der Waals surface area contributed by atoms with Crippen LogP contribution in [0, 0.1) is 5.82 Å². The number of carbonyl (C=O) groups is 1. The molecule has 0 saturated carbocycles. The molecular formula is C25H24ClFN6O2. The van der Waals surface area contributed by atoms with Crippen LogP contribution in [0.25, 0.3) is 16.7 Å². The molecule has 3 heterocycles. The Morgan fingerprint density at radius 3 is 2.83 bits per heavy atom. The van der Waals surface area contributed by atoms with Gasteiger partial charge in [-0.2, -0.15) is 0 Å². The first-order chi connectivity index (χ1) is 17.0. The normalized spacial score (nSPS) is 13.0. The van der Waals surface area contributed by atoms with Gasteiger partial charge in [0.05, 0.1) is 11.7 Å². The fourth-order valence-corrected chi connectivity index (χ4v) is 4.55. The number of fused-ring (bicyclic) bond motifs is 2. The maximum Gasteiger partial charge on any atom is 0.273 e. The Kier molecular flexibility index (Phi) is 6.50. The van der Waals surface area contributed by atoms with E-state index in [0.29, 0.717) is 24.5 Å². The molecule has 3 N–H and O–H groups in total. The maximum atomic E-state index is 13.1. The highest BCUT2D eigenvalue weighted by atomic mass is 35.5. The van der Waals surface area contributed by atoms with Crippen LogP contribution in [0.5, 0.6) is 0 Å². The van der Waals surface area contributed by atoms with Crippen molar-refractivity contribution in [1.82, 2.24) is 25.1 Å². The van der Waals surface area contributed by atoms with Crippen molar-refractivity contribution in [3.05, 3.63) is 80.7 Å². The third-order valence-corrected chi connectivity index (χ3v) is 6.31. The van der Waals surface area contributed by atoms with Crippen LogP contribution in [-0.4, -0.2) is 38.7 Å². The third kappa shape index (κ3) is 4.90. The third-order valence-electron chi connectivity index (χ3n) is 6.07. The molecule has 0 fully saturated rings. The minimum atomic E-state index is -0.510. The van der Waals surface area contributed by atoms with Crippen molar-refractivity contribution in [1.29, 1.82) is 0 Å². The first-order valence-corrected chi connectivity index (χ1v) is 11.9. The molecule has 4 aromatic rings. The summed E-state index contributed by atoms with van der Waals surface area (Å²) in [4.78, 5) is 33.4. The van der Waals surface area contributed by atoms with Gasteiger partial charge in [0.15, 0.2) is 5.82 Å². The molecule has 35 heavy (non-hydrogen) atoms. The van der Waals surface area contributed by atoms with Crippen molar-refractivity contribution in [3.8, 4) is 5.82 Å². The van der Waals surface area contributed by atoms with Gasteiger partial charge in [-0.05, 0) is 68.0 Å². The van der Waals surface area contributed by atoms with Crippen LogP contribution in [0.3, 0.4) is 0 Å². The number of pyridine rings is 2. The van der Waals surface area contributed by atoms with E-state index >= 15 is 0 Å². The smallest absolute Gasteiger partial charge is 0.273 e. The summed E-state index contributed by atoms with van der Waals surface area (Å²) in [6.45, 7) is 1.08. The van der Waals surface area contributed by atoms with E-state index in [1.807, 2.05) is 18.2 Å². The van der Waals surface area contributed by atoms with Crippen LogP contribution in [0.2, 0.25) is 5.02 Å². The number of carbonyl (C=O) groups excluding carboxylic acids is 1. The van der Waals surface area contributed by atoms with Crippen molar-refractivity contribution in [2.24, 2.45) is 0 Å². The number of aryl methyl sites for hydroxylation is 1. The zero-order chi connectivity index (χ0) is 24.4. The summed E-state index contributed by atoms with van der Waals surface area (Å²) in [7, 11) is 0. The number of aromatic nitrogens is 4. The monoisotopic (exact) mass is 494 g/mol. The molecule has 0 unspecified atom stereocenters. The number of H-pyrrole nitrogens is 1. The molecule has 1 aliphatic carbocycles. The van der Waals surface area contributed by atoms with Crippen LogP contribution in [0.15, 0.2) is 47.4 Å². The lowest BCUT2D eigenvalue weighted by Gasteiger charge is -2.22. The van der Waals surface area contributed by atoms with E-state index in [9.17, 15) is 14.0 Å². The number of hydrogen-bond donors (Lipinski definition) is 3. The average molecular weight is 495 g/mol. The van der Waals surface area contributed by atoms with Crippen molar-refractivity contribution in [2.45, 2.75) is 32.1 Å². The number of anilines is 1. The van der Waals surface area contributed by atoms with Gasteiger partial charge < -0.3 is 10.6 Å². The van der Waals surface area contributed by atoms with Crippen molar-refractivity contribution in [2.75, 3.05) is 18.4 Å². The second-order valence-electron chi connectivity index (χ2n) is 8.49. The van der Waals surface area contributed by atoms with Gasteiger partial charge >= 0.3 is 0 Å². The molecule has 0 saturated heterocycles. The number of nitrogens with one attached hydrogen (secondary N) is 3. The van der Waals surface area contributed by atoms with E-state index in [2.05, 4.69) is 20.7 Å². The minimum absolute atomic E-state index is 0.111. The minimum Gasteiger partial charge on any atom is -0.384 e. The molecule has 5 rings (SSSR count). The molecule has 180 valence electrons. The van der Waals surface area contributed by atoms with Gasteiger partial charge in [-0.3, -0.25) is 19.7 Å². The Morgan fingerprint density at radius 2 is 2.00 bits per heavy atom. The Labute approximate surface area is 205 Å². The van der Waals surface area contributed by atoms with Crippen LogP contribution in [0.4, 0.5) is 10.1 Å². The quantitative estimate of drug-likeness (QED) is 0.337. The maximum absolute atomic E-state index is 13.1. The zero-order valence-electron chi connectivity index (χ0n) is 18.9. The second kappa shape index (κ2) is 9.87. The standard InChI is InChI=1S/C25H24ClFN6O2/c26-15-6-8-18-20(12-15)31-19-5-2-1-4-17(19)24(18)28-10-3-11-29-25(35)21-13-23(34)33(32-21)22-9-7-16(27)14-30-22/h6-9,12-14,32H,1-5,10-11H2,(H,28,31)(H,29,35). The Balaban J connectivity index is 1.21. The second-order valence-corrected chi connectivity index (χ2v) is 8.93. The predicted molar refractivity (Wildman–Crippen MR) is 133 cm³/mol. The average Bonchev–Trinajstić information content (AvgIpc) is 3.25. The number of benzene rings is 1. The summed E-state index contributed by atoms with van der Waals surface area (Å²) in [5.41, 5.74) is 4.04. The van der Waals surface area contributed by atoms with Crippen molar-refractivity contribution in [3.63, 3.8) is 0 Å². The fraction of sp³-hybridized carbons (Fsp3) is 0.280. The van der Waals surface area contributed by atoms with Crippen LogP contribution in [-0.2, 0) is 12.8 Å². The first-order valence-electron chi connectivity index (χ1n) is 11.6. The van der Waals surface area contributed by atoms with E-state index in [1.54, 1.807) is 0 Å². The van der Waals surface area contributed by atoms with Gasteiger partial charge in [0.1, 0.15) is 11.5 Å². The van der Waals surface area contributed by atoms with Crippen LogP contribution < -0.4 is 16.2 Å². The van der Waals surface area contributed by atoms with E-state index in [-0.39, 0.29) is 11.5 Å². The molecule has 0 spiro atoms. The number of aromatic amines is 1. The zero-order valence-corrected chi connectivity index (χ0v) is 19.7. The van der Waals surface area contributed by atoms with Crippen LogP contribution in [0.1, 0.15) is 41.0 Å². The highest BCUT2D eigenvalue weighted by molar-refractivity contribution is 6.31. The summed E-state index contributed by atoms with van der Waals surface area (Å²) < 4.78 is 14.2. The van der Waals surface area contributed by atoms with E-state index in [1.165, 1.54) is 23.8 Å². The predicted octanol–water partition coefficient (Wildman–Crippen LogP) is 4.01. The lowest BCUT2D eigenvalue weighted by Crippen LogP contribution is -2.26. The highest BCUT2D eigenvalue weighted by Crippen LogP contribution is 2.34. The number of nitrogens with zero attached hydrogens (tertiary/aromatic N) is 3. The number of rotatable bonds is 7. The SMILES string of the molecule is O=C(NCCCNc1c2c(nc3cc(Cl)ccc13)CCCC2)c1cc(=O)n(-c2ccc(F)cn2)[nH]1. The van der Waals surface area contributed by atoms with Gasteiger partial charge in [0.25, 0.3) is 11.5 Å². The van der Waals surface area contributed by atoms with E-state index in [0.717, 1.165) is 58.8 Å². The van der Waals surface area contributed by atoms with E-state index < -0.39 is 17.3 Å². The molecule has 1 aromatic carbocycles. The molecular weight excluding hydrogens is 471 g/mol. The number of amides is 1. The molecule has 3 aromatic heterocycles. The van der Waals surface area contributed by atoms with Crippen LogP contribution >= 0.6 is 11.6 Å². The Bertz CT molecular complexity index is 1450. The van der Waals surface area contributed by atoms with Gasteiger partial charge in [-0.15, -0.1) is 0 Å². The number of halogens is 2. The van der Waals surface area contributed by atoms with Gasteiger partial charge in [0, 0.05) is 40.9 Å². The Hall–Kier alpha value is -3.72. The molecule has 0 aliphatic heterocycles. The largest absolute Gasteiger partial charge is 0.384 e. The summed E-state index contributed by atoms with van der Waals surface area (Å²) in [6.07, 6.45) is 5.93. The summed E-state index contributed by atoms with van der Waals surface area (Å²) in [5.74, 6) is -0.706.